The summed E-state index contributed by atoms with van der Waals surface area (Å²) in [6.45, 7) is 0. The van der Waals surface area contributed by atoms with Crippen molar-refractivity contribution in [2.24, 2.45) is 0 Å². The van der Waals surface area contributed by atoms with Crippen molar-refractivity contribution >= 4 is 65.4 Å². The van der Waals surface area contributed by atoms with Crippen molar-refractivity contribution in [2.75, 3.05) is 0 Å². The molecule has 0 saturated carbocycles. The van der Waals surface area contributed by atoms with Crippen LogP contribution in [0.15, 0.2) is 267 Å². The fourth-order valence-corrected chi connectivity index (χ4v) is 12.3. The SMILES string of the molecule is c1ccc(-c2ccc(C3NC(c4ccccc4)NC(n4c5ccccc5c5ccc6c7ccccc7n(-c7c(-c8ccccc8)cc8c(c7-c7ccccc7)c7ccccc7n8-c7ccccc7)c6c54)N3)cc2)cc1. The lowest BCUT2D eigenvalue weighted by Gasteiger charge is -2.40. The van der Waals surface area contributed by atoms with Crippen LogP contribution in [0.4, 0.5) is 0 Å². The fourth-order valence-electron chi connectivity index (χ4n) is 12.3. The molecule has 356 valence electrons. The minimum atomic E-state index is -0.358. The van der Waals surface area contributed by atoms with Gasteiger partial charge >= 0.3 is 0 Å². The van der Waals surface area contributed by atoms with Gasteiger partial charge in [0.15, 0.2) is 0 Å². The van der Waals surface area contributed by atoms with Crippen LogP contribution >= 0.6 is 0 Å². The molecular formula is C69H50N6. The van der Waals surface area contributed by atoms with E-state index in [2.05, 4.69) is 297 Å². The second-order valence-corrected chi connectivity index (χ2v) is 19.7. The summed E-state index contributed by atoms with van der Waals surface area (Å²) >= 11 is 0. The van der Waals surface area contributed by atoms with Crippen LogP contribution in [0.5, 0.6) is 0 Å². The van der Waals surface area contributed by atoms with Crippen molar-refractivity contribution < 1.29 is 0 Å². The molecule has 6 nitrogen and oxygen atoms in total. The van der Waals surface area contributed by atoms with E-state index in [1.54, 1.807) is 0 Å². The Balaban J connectivity index is 1.07. The van der Waals surface area contributed by atoms with Crippen LogP contribution in [0.1, 0.15) is 29.7 Å². The molecule has 3 aromatic heterocycles. The summed E-state index contributed by atoms with van der Waals surface area (Å²) < 4.78 is 7.63. The highest BCUT2D eigenvalue weighted by Gasteiger charge is 2.34. The highest BCUT2D eigenvalue weighted by Crippen LogP contribution is 2.50. The molecule has 11 aromatic carbocycles. The Morgan fingerprint density at radius 1 is 0.307 bits per heavy atom. The van der Waals surface area contributed by atoms with Gasteiger partial charge in [0.25, 0.3) is 0 Å². The summed E-state index contributed by atoms with van der Waals surface area (Å²) in [4.78, 5) is 0. The smallest absolute Gasteiger partial charge is 0.142 e. The molecule has 3 N–H and O–H groups in total. The third kappa shape index (κ3) is 6.99. The van der Waals surface area contributed by atoms with Gasteiger partial charge in [-0.25, -0.2) is 0 Å². The van der Waals surface area contributed by atoms with Crippen LogP contribution in [0.3, 0.4) is 0 Å². The third-order valence-electron chi connectivity index (χ3n) is 15.5. The number of fused-ring (bicyclic) bond motifs is 10. The van der Waals surface area contributed by atoms with Gasteiger partial charge in [-0.15, -0.1) is 0 Å². The Kier molecular flexibility index (Phi) is 10.2. The van der Waals surface area contributed by atoms with Crippen LogP contribution in [-0.2, 0) is 0 Å². The molecule has 1 aliphatic rings. The predicted octanol–water partition coefficient (Wildman–Crippen LogP) is 16.6. The molecule has 0 amide bonds. The largest absolute Gasteiger partial charge is 0.309 e. The molecule has 15 rings (SSSR count). The average Bonchev–Trinajstić information content (AvgIpc) is 4.30. The highest BCUT2D eigenvalue weighted by atomic mass is 15.4. The van der Waals surface area contributed by atoms with Gasteiger partial charge in [-0.3, -0.25) is 16.0 Å². The zero-order chi connectivity index (χ0) is 49.4. The topological polar surface area (TPSA) is 50.9 Å². The number of hydrogen-bond donors (Lipinski definition) is 3. The normalized spacial score (nSPS) is 16.0. The lowest BCUT2D eigenvalue weighted by Crippen LogP contribution is -2.56. The summed E-state index contributed by atoms with van der Waals surface area (Å²) in [5.74, 6) is 0. The Morgan fingerprint density at radius 2 is 0.773 bits per heavy atom. The van der Waals surface area contributed by atoms with E-state index in [0.717, 1.165) is 72.3 Å². The van der Waals surface area contributed by atoms with E-state index < -0.39 is 0 Å². The van der Waals surface area contributed by atoms with Gasteiger partial charge in [0, 0.05) is 49.1 Å². The Hall–Kier alpha value is -9.30. The molecular weight excluding hydrogens is 913 g/mol. The number of aromatic nitrogens is 3. The summed E-state index contributed by atoms with van der Waals surface area (Å²) in [7, 11) is 0. The molecule has 6 heteroatoms. The van der Waals surface area contributed by atoms with Gasteiger partial charge in [0.05, 0.1) is 51.1 Å². The molecule has 0 aliphatic carbocycles. The fraction of sp³-hybridized carbons (Fsp3) is 0.0435. The minimum Gasteiger partial charge on any atom is -0.309 e. The van der Waals surface area contributed by atoms with Gasteiger partial charge in [0.2, 0.25) is 0 Å². The van der Waals surface area contributed by atoms with E-state index in [-0.39, 0.29) is 18.6 Å². The molecule has 75 heavy (non-hydrogen) atoms. The molecule has 4 heterocycles. The second-order valence-electron chi connectivity index (χ2n) is 19.7. The van der Waals surface area contributed by atoms with Crippen molar-refractivity contribution in [3.63, 3.8) is 0 Å². The molecule has 14 aromatic rings. The molecule has 1 saturated heterocycles. The minimum absolute atomic E-state index is 0.184. The quantitative estimate of drug-likeness (QED) is 0.142. The first kappa shape index (κ1) is 43.3. The van der Waals surface area contributed by atoms with Crippen molar-refractivity contribution in [3.05, 3.63) is 278 Å². The van der Waals surface area contributed by atoms with Crippen molar-refractivity contribution in [2.45, 2.75) is 18.6 Å². The van der Waals surface area contributed by atoms with Gasteiger partial charge in [-0.2, -0.15) is 0 Å². The first-order valence-electron chi connectivity index (χ1n) is 26.0. The van der Waals surface area contributed by atoms with E-state index >= 15 is 0 Å². The second kappa shape index (κ2) is 17.7. The highest BCUT2D eigenvalue weighted by molar-refractivity contribution is 6.25. The van der Waals surface area contributed by atoms with E-state index in [9.17, 15) is 0 Å². The molecule has 1 aliphatic heterocycles. The van der Waals surface area contributed by atoms with Gasteiger partial charge in [0.1, 0.15) is 6.29 Å². The number of para-hydroxylation sites is 4. The van der Waals surface area contributed by atoms with Gasteiger partial charge < -0.3 is 13.7 Å². The first-order valence-corrected chi connectivity index (χ1v) is 26.0. The summed E-state index contributed by atoms with van der Waals surface area (Å²) in [6.07, 6.45) is -0.745. The van der Waals surface area contributed by atoms with Crippen molar-refractivity contribution in [1.29, 1.82) is 0 Å². The van der Waals surface area contributed by atoms with Crippen LogP contribution in [0.2, 0.25) is 0 Å². The Bertz CT molecular complexity index is 4430. The van der Waals surface area contributed by atoms with E-state index in [0.29, 0.717) is 0 Å². The molecule has 0 radical (unpaired) electrons. The monoisotopic (exact) mass is 962 g/mol. The molecule has 1 fully saturated rings. The molecule has 3 unspecified atom stereocenters. The number of nitrogens with zero attached hydrogens (tertiary/aromatic N) is 3. The van der Waals surface area contributed by atoms with Gasteiger partial charge in [-0.05, 0) is 69.8 Å². The Morgan fingerprint density at radius 3 is 1.41 bits per heavy atom. The molecule has 0 spiro atoms. The number of rotatable bonds is 8. The lowest BCUT2D eigenvalue weighted by atomic mass is 9.91. The van der Waals surface area contributed by atoms with Crippen LogP contribution in [0.25, 0.3) is 110 Å². The van der Waals surface area contributed by atoms with E-state index in [4.69, 9.17) is 0 Å². The maximum atomic E-state index is 4.14. The maximum absolute atomic E-state index is 4.14. The molecule has 0 bridgehead atoms. The number of hydrogen-bond acceptors (Lipinski definition) is 3. The zero-order valence-electron chi connectivity index (χ0n) is 41.0. The third-order valence-corrected chi connectivity index (χ3v) is 15.5. The number of nitrogens with one attached hydrogen (secondary N) is 3. The summed E-state index contributed by atoms with van der Waals surface area (Å²) in [5, 5.41) is 19.4. The summed E-state index contributed by atoms with van der Waals surface area (Å²) in [6, 6.07) is 97.4. The van der Waals surface area contributed by atoms with Crippen LogP contribution in [0, 0.1) is 0 Å². The van der Waals surface area contributed by atoms with E-state index in [1.165, 1.54) is 49.0 Å². The maximum Gasteiger partial charge on any atom is 0.142 e. The van der Waals surface area contributed by atoms with Crippen LogP contribution < -0.4 is 16.0 Å². The predicted molar refractivity (Wildman–Crippen MR) is 311 cm³/mol. The Labute approximate surface area is 434 Å². The zero-order valence-corrected chi connectivity index (χ0v) is 41.0. The van der Waals surface area contributed by atoms with E-state index in [1.807, 2.05) is 0 Å². The number of benzene rings is 11. The van der Waals surface area contributed by atoms with Crippen LogP contribution in [-0.4, -0.2) is 13.7 Å². The van der Waals surface area contributed by atoms with Crippen molar-refractivity contribution in [1.82, 2.24) is 29.7 Å². The first-order chi connectivity index (χ1) is 37.2. The lowest BCUT2D eigenvalue weighted by molar-refractivity contribution is 0.161. The summed E-state index contributed by atoms with van der Waals surface area (Å²) in [5.41, 5.74) is 18.5. The standard InChI is InChI=1S/C69H50N6/c1-6-22-45(23-7-1)46-38-40-50(41-39-46)68-70-67(49-28-12-4-13-29-49)71-69(72-68)75-59-36-20-17-33-53(59)55-43-42-54-52-32-16-19-35-58(52)74(65(54)66(55)75)64-57(47-24-8-2-9-25-47)44-61-63(62(64)48-26-10-3-11-27-48)56-34-18-21-37-60(56)73(61)51-30-14-5-15-31-51/h1-44,67-72H. The van der Waals surface area contributed by atoms with Crippen molar-refractivity contribution in [3.8, 4) is 44.8 Å². The van der Waals surface area contributed by atoms with Gasteiger partial charge in [-0.1, -0.05) is 231 Å². The molecule has 3 atom stereocenters. The average molecular weight is 963 g/mol.